The number of hydrogen-bond donors (Lipinski definition) is 0. The van der Waals surface area contributed by atoms with Gasteiger partial charge in [-0.1, -0.05) is 44.2 Å². The molecule has 0 spiro atoms. The Hall–Kier alpha value is -1.35. The van der Waals surface area contributed by atoms with E-state index in [2.05, 4.69) is 29.2 Å². The molecule has 1 aliphatic rings. The maximum absolute atomic E-state index is 5.74. The van der Waals surface area contributed by atoms with Crippen LogP contribution >= 0.6 is 11.3 Å². The molecule has 1 saturated carbocycles. The van der Waals surface area contributed by atoms with Crippen molar-refractivity contribution in [3.05, 3.63) is 46.4 Å². The van der Waals surface area contributed by atoms with E-state index in [1.807, 2.05) is 10.9 Å². The van der Waals surface area contributed by atoms with Gasteiger partial charge < -0.3 is 4.74 Å². The maximum Gasteiger partial charge on any atom is 0.131 e. The minimum atomic E-state index is 0.560. The molecule has 1 aliphatic carbocycles. The topological polar surface area (TPSA) is 22.1 Å². The summed E-state index contributed by atoms with van der Waals surface area (Å²) in [4.78, 5) is 4.22. The van der Waals surface area contributed by atoms with Crippen LogP contribution < -0.4 is 4.74 Å². The van der Waals surface area contributed by atoms with Crippen molar-refractivity contribution in [1.29, 1.82) is 0 Å². The number of rotatable bonds is 6. The smallest absolute Gasteiger partial charge is 0.131 e. The first-order valence-electron chi connectivity index (χ1n) is 7.99. The van der Waals surface area contributed by atoms with Gasteiger partial charge in [-0.2, -0.15) is 0 Å². The molecule has 21 heavy (non-hydrogen) atoms. The molecular weight excluding hydrogens is 278 g/mol. The average Bonchev–Trinajstić information content (AvgIpc) is 3.06. The minimum Gasteiger partial charge on any atom is -0.487 e. The van der Waals surface area contributed by atoms with Gasteiger partial charge in [0, 0.05) is 5.38 Å². The van der Waals surface area contributed by atoms with Crippen LogP contribution in [0.5, 0.6) is 5.75 Å². The van der Waals surface area contributed by atoms with E-state index < -0.39 is 0 Å². The van der Waals surface area contributed by atoms with Gasteiger partial charge in [0.05, 0.1) is 11.2 Å². The second kappa shape index (κ2) is 7.60. The first kappa shape index (κ1) is 14.6. The molecule has 0 radical (unpaired) electrons. The van der Waals surface area contributed by atoms with Gasteiger partial charge in [0.15, 0.2) is 0 Å². The molecular formula is C18H23NOS. The Morgan fingerprint density at radius 2 is 1.90 bits per heavy atom. The van der Waals surface area contributed by atoms with E-state index in [4.69, 9.17) is 4.74 Å². The minimum absolute atomic E-state index is 0.560. The Morgan fingerprint density at radius 3 is 2.62 bits per heavy atom. The molecule has 1 aromatic carbocycles. The summed E-state index contributed by atoms with van der Waals surface area (Å²) >= 11 is 1.61. The van der Waals surface area contributed by atoms with Gasteiger partial charge in [-0.05, 0) is 36.5 Å². The molecule has 0 saturated heterocycles. The van der Waals surface area contributed by atoms with Gasteiger partial charge in [-0.3, -0.25) is 0 Å². The van der Waals surface area contributed by atoms with Crippen molar-refractivity contribution in [2.75, 3.05) is 0 Å². The summed E-state index contributed by atoms with van der Waals surface area (Å²) < 4.78 is 5.74. The van der Waals surface area contributed by atoms with Crippen LogP contribution in [0.4, 0.5) is 0 Å². The normalized spacial score (nSPS) is 16.0. The fourth-order valence-corrected chi connectivity index (χ4v) is 3.61. The molecule has 0 bridgehead atoms. The summed E-state index contributed by atoms with van der Waals surface area (Å²) in [6.45, 7) is 0.560. The van der Waals surface area contributed by atoms with Gasteiger partial charge in [-0.15, -0.1) is 11.3 Å². The Morgan fingerprint density at radius 1 is 1.10 bits per heavy atom. The summed E-state index contributed by atoms with van der Waals surface area (Å²) in [7, 11) is 0. The van der Waals surface area contributed by atoms with Crippen molar-refractivity contribution in [2.24, 2.45) is 5.92 Å². The van der Waals surface area contributed by atoms with Crippen LogP contribution in [-0.2, 0) is 13.0 Å². The molecule has 112 valence electrons. The van der Waals surface area contributed by atoms with Crippen LogP contribution in [0, 0.1) is 5.92 Å². The fourth-order valence-electron chi connectivity index (χ4n) is 3.07. The Balaban J connectivity index is 1.44. The molecule has 2 nitrogen and oxygen atoms in total. The van der Waals surface area contributed by atoms with E-state index in [9.17, 15) is 0 Å². The summed E-state index contributed by atoms with van der Waals surface area (Å²) in [6.07, 6.45) is 9.75. The lowest BCUT2D eigenvalue weighted by atomic mass is 9.85. The second-order valence-electron chi connectivity index (χ2n) is 5.96. The van der Waals surface area contributed by atoms with Crippen molar-refractivity contribution in [2.45, 2.75) is 51.6 Å². The summed E-state index contributed by atoms with van der Waals surface area (Å²) in [6, 6.07) is 8.59. The van der Waals surface area contributed by atoms with Crippen LogP contribution in [0.1, 0.15) is 49.8 Å². The predicted octanol–water partition coefficient (Wildman–Crippen LogP) is 5.24. The molecule has 3 heteroatoms. The first-order chi connectivity index (χ1) is 10.4. The van der Waals surface area contributed by atoms with Crippen LogP contribution in [0.2, 0.25) is 0 Å². The number of aromatic nitrogens is 1. The van der Waals surface area contributed by atoms with E-state index in [0.29, 0.717) is 6.61 Å². The standard InChI is InChI=1S/C18H23NOS/c1-2-4-15(5-3-1)6-7-16-8-10-18(11-9-16)20-12-17-13-21-14-19-17/h8-11,13-15H,1-7,12H2. The molecule has 1 heterocycles. The molecule has 0 aliphatic heterocycles. The summed E-state index contributed by atoms with van der Waals surface area (Å²) in [5.74, 6) is 1.89. The number of thiazole rings is 1. The van der Waals surface area contributed by atoms with E-state index in [1.54, 1.807) is 11.3 Å². The molecule has 0 unspecified atom stereocenters. The van der Waals surface area contributed by atoms with Crippen molar-refractivity contribution >= 4 is 11.3 Å². The molecule has 3 rings (SSSR count). The largest absolute Gasteiger partial charge is 0.487 e. The lowest BCUT2D eigenvalue weighted by molar-refractivity contribution is 0.302. The molecule has 0 N–H and O–H groups in total. The summed E-state index contributed by atoms with van der Waals surface area (Å²) in [5, 5.41) is 2.03. The molecule has 1 aromatic heterocycles. The Bertz CT molecular complexity index is 515. The quantitative estimate of drug-likeness (QED) is 0.728. The van der Waals surface area contributed by atoms with E-state index >= 15 is 0 Å². The first-order valence-corrected chi connectivity index (χ1v) is 8.93. The van der Waals surface area contributed by atoms with Crippen LogP contribution in [0.15, 0.2) is 35.2 Å². The van der Waals surface area contributed by atoms with Gasteiger partial charge >= 0.3 is 0 Å². The van der Waals surface area contributed by atoms with E-state index in [-0.39, 0.29) is 0 Å². The highest BCUT2D eigenvalue weighted by atomic mass is 32.1. The molecule has 0 amide bonds. The van der Waals surface area contributed by atoms with Crippen molar-refractivity contribution in [1.82, 2.24) is 4.98 Å². The van der Waals surface area contributed by atoms with Crippen LogP contribution in [0.25, 0.3) is 0 Å². The highest BCUT2D eigenvalue weighted by Gasteiger charge is 2.12. The third kappa shape index (κ3) is 4.57. The zero-order valence-electron chi connectivity index (χ0n) is 12.5. The van der Waals surface area contributed by atoms with Crippen molar-refractivity contribution < 1.29 is 4.74 Å². The zero-order chi connectivity index (χ0) is 14.3. The third-order valence-corrected chi connectivity index (χ3v) is 4.99. The SMILES string of the molecule is c1nc(COc2ccc(CCC3CCCCC3)cc2)cs1. The zero-order valence-corrected chi connectivity index (χ0v) is 13.3. The maximum atomic E-state index is 5.74. The number of hydrogen-bond acceptors (Lipinski definition) is 3. The van der Waals surface area contributed by atoms with Gasteiger partial charge in [-0.25, -0.2) is 4.98 Å². The summed E-state index contributed by atoms with van der Waals surface area (Å²) in [5.41, 5.74) is 4.27. The lowest BCUT2D eigenvalue weighted by Gasteiger charge is -2.21. The Kier molecular flexibility index (Phi) is 5.28. The van der Waals surface area contributed by atoms with Gasteiger partial charge in [0.25, 0.3) is 0 Å². The number of ether oxygens (including phenoxy) is 1. The van der Waals surface area contributed by atoms with Crippen molar-refractivity contribution in [3.63, 3.8) is 0 Å². The second-order valence-corrected chi connectivity index (χ2v) is 6.67. The number of aryl methyl sites for hydroxylation is 1. The predicted molar refractivity (Wildman–Crippen MR) is 87.8 cm³/mol. The van der Waals surface area contributed by atoms with Gasteiger partial charge in [0.2, 0.25) is 0 Å². The number of nitrogens with zero attached hydrogens (tertiary/aromatic N) is 1. The molecule has 2 aromatic rings. The fraction of sp³-hybridized carbons (Fsp3) is 0.500. The Labute approximate surface area is 131 Å². The molecule has 1 fully saturated rings. The lowest BCUT2D eigenvalue weighted by Crippen LogP contribution is -2.07. The van der Waals surface area contributed by atoms with E-state index in [1.165, 1.54) is 50.5 Å². The third-order valence-electron chi connectivity index (χ3n) is 4.36. The molecule has 0 atom stereocenters. The van der Waals surface area contributed by atoms with Crippen molar-refractivity contribution in [3.8, 4) is 5.75 Å². The highest BCUT2D eigenvalue weighted by Crippen LogP contribution is 2.27. The van der Waals surface area contributed by atoms with Crippen LogP contribution in [0.3, 0.4) is 0 Å². The monoisotopic (exact) mass is 301 g/mol. The van der Waals surface area contributed by atoms with Crippen LogP contribution in [-0.4, -0.2) is 4.98 Å². The van der Waals surface area contributed by atoms with E-state index in [0.717, 1.165) is 17.4 Å². The highest BCUT2D eigenvalue weighted by molar-refractivity contribution is 7.07. The average molecular weight is 301 g/mol. The number of benzene rings is 1. The van der Waals surface area contributed by atoms with Gasteiger partial charge in [0.1, 0.15) is 12.4 Å².